The Bertz CT molecular complexity index is 728. The molecule has 1 aromatic heterocycles. The van der Waals surface area contributed by atoms with Crippen molar-refractivity contribution in [1.29, 1.82) is 5.26 Å². The van der Waals surface area contributed by atoms with E-state index in [0.29, 0.717) is 6.07 Å². The molecule has 5 nitrogen and oxygen atoms in total. The normalized spacial score (nSPS) is 11.0. The Kier molecular flexibility index (Phi) is 3.67. The van der Waals surface area contributed by atoms with Gasteiger partial charge < -0.3 is 5.32 Å². The fraction of sp³-hybridized carbons (Fsp3) is 0.154. The van der Waals surface area contributed by atoms with E-state index in [2.05, 4.69) is 10.4 Å². The largest absolute Gasteiger partial charge is 0.435 e. The van der Waals surface area contributed by atoms with E-state index >= 15 is 0 Å². The summed E-state index contributed by atoms with van der Waals surface area (Å²) in [6.07, 6.45) is -4.67. The Morgan fingerprint density at radius 1 is 1.38 bits per heavy atom. The fourth-order valence-electron chi connectivity index (χ4n) is 1.71. The van der Waals surface area contributed by atoms with Crippen LogP contribution in [0.2, 0.25) is 0 Å². The summed E-state index contributed by atoms with van der Waals surface area (Å²) in [7, 11) is 1.30. The molecule has 1 amide bonds. The van der Waals surface area contributed by atoms with Crippen molar-refractivity contribution >= 4 is 5.91 Å². The van der Waals surface area contributed by atoms with Crippen LogP contribution in [0.5, 0.6) is 0 Å². The summed E-state index contributed by atoms with van der Waals surface area (Å²) in [5.74, 6) is -0.708. The summed E-state index contributed by atoms with van der Waals surface area (Å²) >= 11 is 0. The van der Waals surface area contributed by atoms with Crippen molar-refractivity contribution in [3.8, 4) is 11.8 Å². The Morgan fingerprint density at radius 3 is 2.67 bits per heavy atom. The number of benzene rings is 1. The van der Waals surface area contributed by atoms with Gasteiger partial charge in [-0.25, -0.2) is 4.68 Å². The van der Waals surface area contributed by atoms with Gasteiger partial charge >= 0.3 is 6.18 Å². The third-order valence-electron chi connectivity index (χ3n) is 2.68. The second-order valence-corrected chi connectivity index (χ2v) is 4.07. The third kappa shape index (κ3) is 2.86. The van der Waals surface area contributed by atoms with Gasteiger partial charge in [0.05, 0.1) is 17.3 Å². The lowest BCUT2D eigenvalue weighted by atomic mass is 10.2. The zero-order chi connectivity index (χ0) is 15.6. The number of rotatable bonds is 2. The molecular formula is C13H9F3N4O. The average molecular weight is 294 g/mol. The van der Waals surface area contributed by atoms with Crippen LogP contribution in [0.25, 0.3) is 5.69 Å². The molecule has 0 unspecified atom stereocenters. The number of hydrogen-bond acceptors (Lipinski definition) is 3. The quantitative estimate of drug-likeness (QED) is 0.922. The van der Waals surface area contributed by atoms with Crippen LogP contribution in [0.3, 0.4) is 0 Å². The molecule has 0 saturated carbocycles. The van der Waals surface area contributed by atoms with Crippen molar-refractivity contribution in [3.05, 3.63) is 47.3 Å². The lowest BCUT2D eigenvalue weighted by Gasteiger charge is -2.06. The SMILES string of the molecule is CNC(=O)c1cc(C(F)(F)F)nn1-c1cccc(C#N)c1. The van der Waals surface area contributed by atoms with Gasteiger partial charge in [0.25, 0.3) is 5.91 Å². The maximum absolute atomic E-state index is 12.7. The van der Waals surface area contributed by atoms with Gasteiger partial charge in [-0.1, -0.05) is 6.07 Å². The van der Waals surface area contributed by atoms with Crippen LogP contribution in [0.4, 0.5) is 13.2 Å². The minimum Gasteiger partial charge on any atom is -0.354 e. The fourth-order valence-corrected chi connectivity index (χ4v) is 1.71. The highest BCUT2D eigenvalue weighted by atomic mass is 19.4. The van der Waals surface area contributed by atoms with Crippen LogP contribution in [0.1, 0.15) is 21.7 Å². The summed E-state index contributed by atoms with van der Waals surface area (Å²) in [6.45, 7) is 0. The molecule has 0 spiro atoms. The number of aromatic nitrogens is 2. The molecule has 0 aliphatic heterocycles. The number of halogens is 3. The van der Waals surface area contributed by atoms with Crippen LogP contribution in [-0.2, 0) is 6.18 Å². The van der Waals surface area contributed by atoms with E-state index < -0.39 is 17.8 Å². The summed E-state index contributed by atoms with van der Waals surface area (Å²) < 4.78 is 39.1. The molecule has 1 aromatic carbocycles. The van der Waals surface area contributed by atoms with E-state index in [-0.39, 0.29) is 16.9 Å². The van der Waals surface area contributed by atoms with E-state index in [1.54, 1.807) is 0 Å². The molecule has 1 N–H and O–H groups in total. The lowest BCUT2D eigenvalue weighted by molar-refractivity contribution is -0.141. The zero-order valence-electron chi connectivity index (χ0n) is 10.8. The lowest BCUT2D eigenvalue weighted by Crippen LogP contribution is -2.21. The van der Waals surface area contributed by atoms with Crippen LogP contribution in [0.15, 0.2) is 30.3 Å². The summed E-state index contributed by atoms with van der Waals surface area (Å²) in [5, 5.41) is 14.5. The molecule has 8 heteroatoms. The number of nitrogens with zero attached hydrogens (tertiary/aromatic N) is 3. The van der Waals surface area contributed by atoms with Gasteiger partial charge in [-0.15, -0.1) is 0 Å². The van der Waals surface area contributed by atoms with E-state index in [9.17, 15) is 18.0 Å². The van der Waals surface area contributed by atoms with Crippen LogP contribution in [-0.4, -0.2) is 22.7 Å². The average Bonchev–Trinajstić information content (AvgIpc) is 2.91. The molecule has 1 heterocycles. The Labute approximate surface area is 117 Å². The van der Waals surface area contributed by atoms with Crippen molar-refractivity contribution in [2.75, 3.05) is 7.05 Å². The second kappa shape index (κ2) is 5.28. The number of nitriles is 1. The van der Waals surface area contributed by atoms with E-state index in [0.717, 1.165) is 4.68 Å². The molecule has 0 atom stereocenters. The van der Waals surface area contributed by atoms with Crippen molar-refractivity contribution in [3.63, 3.8) is 0 Å². The molecular weight excluding hydrogens is 285 g/mol. The number of alkyl halides is 3. The predicted octanol–water partition coefficient (Wildman–Crippen LogP) is 2.12. The van der Waals surface area contributed by atoms with Crippen molar-refractivity contribution in [2.45, 2.75) is 6.18 Å². The zero-order valence-corrected chi connectivity index (χ0v) is 10.8. The summed E-state index contributed by atoms with van der Waals surface area (Å²) in [6, 6.07) is 8.34. The molecule has 0 bridgehead atoms. The van der Waals surface area contributed by atoms with E-state index in [1.807, 2.05) is 6.07 Å². The topological polar surface area (TPSA) is 70.7 Å². The molecule has 2 aromatic rings. The van der Waals surface area contributed by atoms with E-state index in [4.69, 9.17) is 5.26 Å². The van der Waals surface area contributed by atoms with Crippen LogP contribution >= 0.6 is 0 Å². The van der Waals surface area contributed by atoms with Gasteiger partial charge in [0.1, 0.15) is 5.69 Å². The Hall–Kier alpha value is -2.82. The predicted molar refractivity (Wildman–Crippen MR) is 66.7 cm³/mol. The highest BCUT2D eigenvalue weighted by Gasteiger charge is 2.36. The van der Waals surface area contributed by atoms with Crippen molar-refractivity contribution in [1.82, 2.24) is 15.1 Å². The minimum absolute atomic E-state index is 0.197. The summed E-state index contributed by atoms with van der Waals surface area (Å²) in [5.41, 5.74) is -0.994. The van der Waals surface area contributed by atoms with Crippen LogP contribution < -0.4 is 5.32 Å². The van der Waals surface area contributed by atoms with Crippen molar-refractivity contribution < 1.29 is 18.0 Å². The molecule has 0 saturated heterocycles. The first kappa shape index (κ1) is 14.6. The Morgan fingerprint density at radius 2 is 2.10 bits per heavy atom. The molecule has 0 aliphatic carbocycles. The molecule has 21 heavy (non-hydrogen) atoms. The van der Waals surface area contributed by atoms with Gasteiger partial charge in [-0.3, -0.25) is 4.79 Å². The first-order valence-corrected chi connectivity index (χ1v) is 5.76. The smallest absolute Gasteiger partial charge is 0.354 e. The van der Waals surface area contributed by atoms with Gasteiger partial charge in [-0.2, -0.15) is 23.5 Å². The van der Waals surface area contributed by atoms with Gasteiger partial charge in [0.2, 0.25) is 0 Å². The number of carbonyl (C=O) groups excluding carboxylic acids is 1. The van der Waals surface area contributed by atoms with Gasteiger partial charge in [-0.05, 0) is 18.2 Å². The molecule has 0 aliphatic rings. The maximum atomic E-state index is 12.7. The third-order valence-corrected chi connectivity index (χ3v) is 2.68. The first-order valence-electron chi connectivity index (χ1n) is 5.76. The molecule has 108 valence electrons. The first-order chi connectivity index (χ1) is 9.86. The molecule has 0 fully saturated rings. The number of amides is 1. The van der Waals surface area contributed by atoms with Gasteiger partial charge in [0, 0.05) is 13.1 Å². The monoisotopic (exact) mass is 294 g/mol. The van der Waals surface area contributed by atoms with E-state index in [1.165, 1.54) is 31.3 Å². The van der Waals surface area contributed by atoms with Crippen LogP contribution in [0, 0.1) is 11.3 Å². The van der Waals surface area contributed by atoms with Crippen molar-refractivity contribution in [2.24, 2.45) is 0 Å². The highest BCUT2D eigenvalue weighted by Crippen LogP contribution is 2.29. The number of hydrogen-bond donors (Lipinski definition) is 1. The standard InChI is InChI=1S/C13H9F3N4O/c1-18-12(21)10-6-11(13(14,15)16)19-20(10)9-4-2-3-8(5-9)7-17/h2-6H,1H3,(H,18,21). The Balaban J connectivity index is 2.63. The van der Waals surface area contributed by atoms with Gasteiger partial charge in [0.15, 0.2) is 5.69 Å². The maximum Gasteiger partial charge on any atom is 0.435 e. The minimum atomic E-state index is -4.67. The number of carbonyl (C=O) groups is 1. The summed E-state index contributed by atoms with van der Waals surface area (Å²) in [4.78, 5) is 11.7. The molecule has 2 rings (SSSR count). The number of nitrogens with one attached hydrogen (secondary N) is 1. The highest BCUT2D eigenvalue weighted by molar-refractivity contribution is 5.93. The second-order valence-electron chi connectivity index (χ2n) is 4.07. The molecule has 0 radical (unpaired) electrons.